The van der Waals surface area contributed by atoms with Gasteiger partial charge in [0.25, 0.3) is 0 Å². The van der Waals surface area contributed by atoms with Crippen LogP contribution in [0.5, 0.6) is 0 Å². The molecule has 3 aromatic heterocycles. The van der Waals surface area contributed by atoms with Crippen LogP contribution in [0.15, 0.2) is 35.0 Å². The zero-order valence-corrected chi connectivity index (χ0v) is 18.1. The molecule has 1 aliphatic carbocycles. The van der Waals surface area contributed by atoms with Gasteiger partial charge in [-0.2, -0.15) is 4.36 Å². The van der Waals surface area contributed by atoms with Crippen molar-refractivity contribution in [3.63, 3.8) is 0 Å². The lowest BCUT2D eigenvalue weighted by Gasteiger charge is -2.34. The van der Waals surface area contributed by atoms with E-state index in [4.69, 9.17) is 19.1 Å². The summed E-state index contributed by atoms with van der Waals surface area (Å²) in [5, 5.41) is 1.14. The molecule has 0 spiro atoms. The number of anilines is 1. The number of morpholine rings is 1. The number of nitrogens with one attached hydrogen (secondary N) is 1. The highest BCUT2D eigenvalue weighted by Crippen LogP contribution is 2.34. The van der Waals surface area contributed by atoms with Crippen LogP contribution >= 0.6 is 0 Å². The van der Waals surface area contributed by atoms with Crippen molar-refractivity contribution in [3.8, 4) is 11.4 Å². The normalized spacial score (nSPS) is 21.5. The standard InChI is InChI=1S/C21H26N6O2S/c1-3-30(28,15-4-5-15)26-18-12-19(27-10-11-29-13-14(27)2)25-21(24-18)17-7-9-23-20-16(17)6-8-22-20/h6-9,12,14-15H,3-5,10-11,13H2,1-2H3,(H,22,23)/t14-,30?/m1/s1. The monoisotopic (exact) mass is 426 g/mol. The van der Waals surface area contributed by atoms with Crippen LogP contribution in [0.1, 0.15) is 26.7 Å². The van der Waals surface area contributed by atoms with E-state index in [1.807, 2.05) is 31.3 Å². The van der Waals surface area contributed by atoms with Crippen molar-refractivity contribution in [3.05, 3.63) is 30.6 Å². The molecule has 2 atom stereocenters. The summed E-state index contributed by atoms with van der Waals surface area (Å²) >= 11 is 0. The summed E-state index contributed by atoms with van der Waals surface area (Å²) in [6.07, 6.45) is 5.57. The molecular weight excluding hydrogens is 400 g/mol. The molecule has 8 nitrogen and oxygen atoms in total. The third-order valence-electron chi connectivity index (χ3n) is 5.77. The van der Waals surface area contributed by atoms with Crippen molar-refractivity contribution < 1.29 is 8.95 Å². The minimum atomic E-state index is -2.30. The van der Waals surface area contributed by atoms with E-state index in [2.05, 4.69) is 21.8 Å². The number of ether oxygens (including phenoxy) is 1. The Morgan fingerprint density at radius 2 is 2.20 bits per heavy atom. The van der Waals surface area contributed by atoms with Crippen molar-refractivity contribution in [2.75, 3.05) is 30.4 Å². The molecule has 3 aromatic rings. The smallest absolute Gasteiger partial charge is 0.167 e. The van der Waals surface area contributed by atoms with Gasteiger partial charge in [0.05, 0.1) is 29.0 Å². The second-order valence-corrected chi connectivity index (χ2v) is 10.7. The van der Waals surface area contributed by atoms with Gasteiger partial charge in [-0.05, 0) is 31.9 Å². The van der Waals surface area contributed by atoms with Crippen molar-refractivity contribution in [2.45, 2.75) is 38.0 Å². The van der Waals surface area contributed by atoms with E-state index in [0.717, 1.165) is 41.8 Å². The Bertz CT molecular complexity index is 1200. The molecule has 2 fully saturated rings. The molecule has 0 bridgehead atoms. The van der Waals surface area contributed by atoms with Crippen molar-refractivity contribution >= 4 is 32.4 Å². The van der Waals surface area contributed by atoms with Gasteiger partial charge < -0.3 is 14.6 Å². The maximum atomic E-state index is 13.4. The highest BCUT2D eigenvalue weighted by molar-refractivity contribution is 7.94. The largest absolute Gasteiger partial charge is 0.377 e. The van der Waals surface area contributed by atoms with Gasteiger partial charge in [-0.15, -0.1) is 0 Å². The van der Waals surface area contributed by atoms with Crippen molar-refractivity contribution in [2.24, 2.45) is 4.36 Å². The molecule has 9 heteroatoms. The van der Waals surface area contributed by atoms with Crippen LogP contribution in [0.3, 0.4) is 0 Å². The molecule has 2 aliphatic rings. The Morgan fingerprint density at radius 1 is 1.33 bits per heavy atom. The SMILES string of the molecule is CCS(=O)(=Nc1cc(N2CCOC[C@H]2C)nc(-c2ccnc3[nH]ccc23)n1)C1CC1. The number of H-pyrrole nitrogens is 1. The highest BCUT2D eigenvalue weighted by Gasteiger charge is 2.33. The predicted molar refractivity (Wildman–Crippen MR) is 119 cm³/mol. The van der Waals surface area contributed by atoms with E-state index in [1.165, 1.54) is 0 Å². The number of pyridine rings is 1. The van der Waals surface area contributed by atoms with Crippen LogP contribution in [-0.2, 0) is 14.5 Å². The molecule has 1 aliphatic heterocycles. The Labute approximate surface area is 176 Å². The van der Waals surface area contributed by atoms with Gasteiger partial charge in [0.1, 0.15) is 11.5 Å². The topological polar surface area (TPSA) is 96.4 Å². The van der Waals surface area contributed by atoms with Gasteiger partial charge in [0.15, 0.2) is 11.6 Å². The number of aromatic nitrogens is 4. The van der Waals surface area contributed by atoms with Gasteiger partial charge in [0, 0.05) is 47.0 Å². The minimum Gasteiger partial charge on any atom is -0.377 e. The van der Waals surface area contributed by atoms with Crippen molar-refractivity contribution in [1.29, 1.82) is 0 Å². The fourth-order valence-corrected chi connectivity index (χ4v) is 5.96. The predicted octanol–water partition coefficient (Wildman–Crippen LogP) is 3.53. The molecular formula is C21H26N6O2S. The van der Waals surface area contributed by atoms with E-state index in [9.17, 15) is 4.21 Å². The first-order valence-electron chi connectivity index (χ1n) is 10.5. The maximum absolute atomic E-state index is 13.4. The van der Waals surface area contributed by atoms with E-state index in [0.29, 0.717) is 30.6 Å². The molecule has 5 rings (SSSR count). The highest BCUT2D eigenvalue weighted by atomic mass is 32.2. The Kier molecular flexibility index (Phi) is 4.94. The summed E-state index contributed by atoms with van der Waals surface area (Å²) in [4.78, 5) is 19.4. The molecule has 1 saturated carbocycles. The average Bonchev–Trinajstić information content (AvgIpc) is 3.51. The summed E-state index contributed by atoms with van der Waals surface area (Å²) < 4.78 is 23.7. The summed E-state index contributed by atoms with van der Waals surface area (Å²) in [5.41, 5.74) is 1.67. The lowest BCUT2D eigenvalue weighted by atomic mass is 10.1. The van der Waals surface area contributed by atoms with Crippen LogP contribution in [0.2, 0.25) is 0 Å². The summed E-state index contributed by atoms with van der Waals surface area (Å²) in [6.45, 7) is 6.12. The molecule has 1 N–H and O–H groups in total. The Hall–Kier alpha value is -2.52. The van der Waals surface area contributed by atoms with Crippen LogP contribution in [0, 0.1) is 0 Å². The number of hydrogen-bond acceptors (Lipinski definition) is 7. The van der Waals surface area contributed by atoms with Gasteiger partial charge in [-0.25, -0.2) is 19.2 Å². The van der Waals surface area contributed by atoms with Crippen molar-refractivity contribution in [1.82, 2.24) is 19.9 Å². The second-order valence-electron chi connectivity index (χ2n) is 7.89. The fraction of sp³-hybridized carbons (Fsp3) is 0.476. The quantitative estimate of drug-likeness (QED) is 0.670. The molecule has 158 valence electrons. The van der Waals surface area contributed by atoms with Gasteiger partial charge in [-0.1, -0.05) is 6.92 Å². The summed E-state index contributed by atoms with van der Waals surface area (Å²) in [5.74, 6) is 2.40. The Morgan fingerprint density at radius 3 is 2.97 bits per heavy atom. The third kappa shape index (κ3) is 3.56. The minimum absolute atomic E-state index is 0.184. The number of hydrogen-bond donors (Lipinski definition) is 1. The van der Waals surface area contributed by atoms with Crippen LogP contribution in [-0.4, -0.2) is 60.9 Å². The number of rotatable bonds is 5. The van der Waals surface area contributed by atoms with Crippen LogP contribution in [0.25, 0.3) is 22.4 Å². The van der Waals surface area contributed by atoms with E-state index < -0.39 is 9.73 Å². The lowest BCUT2D eigenvalue weighted by molar-refractivity contribution is 0.0985. The summed E-state index contributed by atoms with van der Waals surface area (Å²) in [6, 6.07) is 5.96. The molecule has 1 saturated heterocycles. The molecule has 0 amide bonds. The van der Waals surface area contributed by atoms with Gasteiger partial charge in [0.2, 0.25) is 0 Å². The Balaban J connectivity index is 1.68. The third-order valence-corrected chi connectivity index (χ3v) is 8.61. The molecule has 4 heterocycles. The number of fused-ring (bicyclic) bond motifs is 1. The van der Waals surface area contributed by atoms with Gasteiger partial charge >= 0.3 is 0 Å². The van der Waals surface area contributed by atoms with Gasteiger partial charge in [-0.3, -0.25) is 0 Å². The first kappa shape index (κ1) is 19.4. The zero-order chi connectivity index (χ0) is 20.7. The summed E-state index contributed by atoms with van der Waals surface area (Å²) in [7, 11) is -2.30. The number of aromatic amines is 1. The molecule has 1 unspecified atom stereocenters. The average molecular weight is 427 g/mol. The first-order valence-corrected chi connectivity index (χ1v) is 12.2. The first-order chi connectivity index (χ1) is 14.6. The lowest BCUT2D eigenvalue weighted by Crippen LogP contribution is -2.44. The maximum Gasteiger partial charge on any atom is 0.167 e. The van der Waals surface area contributed by atoms with E-state index in [-0.39, 0.29) is 11.3 Å². The van der Waals surface area contributed by atoms with E-state index >= 15 is 0 Å². The van der Waals surface area contributed by atoms with E-state index in [1.54, 1.807) is 6.20 Å². The second kappa shape index (κ2) is 7.63. The number of nitrogens with zero attached hydrogens (tertiary/aromatic N) is 5. The van der Waals surface area contributed by atoms with Crippen LogP contribution < -0.4 is 4.90 Å². The zero-order valence-electron chi connectivity index (χ0n) is 17.2. The molecule has 0 aromatic carbocycles. The molecule has 30 heavy (non-hydrogen) atoms. The molecule has 0 radical (unpaired) electrons. The van der Waals surface area contributed by atoms with Crippen LogP contribution in [0.4, 0.5) is 11.6 Å². The fourth-order valence-electron chi connectivity index (χ4n) is 3.93.